The average Bonchev–Trinajstić information content (AvgIpc) is 2.95. The van der Waals surface area contributed by atoms with Gasteiger partial charge in [-0.1, -0.05) is 5.21 Å². The minimum atomic E-state index is -4.70. The fourth-order valence-corrected chi connectivity index (χ4v) is 2.26. The molecule has 1 fully saturated rings. The molecule has 21 heavy (non-hydrogen) atoms. The molecule has 2 heterocycles. The Morgan fingerprint density at radius 1 is 1.38 bits per heavy atom. The molecule has 0 spiro atoms. The van der Waals surface area contributed by atoms with Crippen molar-refractivity contribution < 1.29 is 38.9 Å². The van der Waals surface area contributed by atoms with Crippen molar-refractivity contribution in [3.8, 4) is 0 Å². The van der Waals surface area contributed by atoms with E-state index in [0.29, 0.717) is 5.69 Å². The molecule has 0 aromatic carbocycles. The first-order valence-electron chi connectivity index (χ1n) is 6.05. The summed E-state index contributed by atoms with van der Waals surface area (Å²) in [4.78, 5) is 17.2. The standard InChI is InChI=1S/C9H16N3O8P/c13-2-1-5-3-12(11-10-5)9-8(15)7(14)6(20-9)4-19-21(16,17)18/h3,6-9,13-15H,1-2,4H2,(H2,16,17,18)/t6-,7-,8-,9-/m1/s1. The molecule has 0 saturated carbocycles. The van der Waals surface area contributed by atoms with E-state index in [1.807, 2.05) is 0 Å². The van der Waals surface area contributed by atoms with Crippen molar-refractivity contribution in [3.63, 3.8) is 0 Å². The van der Waals surface area contributed by atoms with Gasteiger partial charge in [-0.25, -0.2) is 9.25 Å². The SMILES string of the molecule is O=P(O)(O)OC[C@H]1O[C@@H](n2cc(CCO)nn2)[C@H](O)[C@@H]1O. The highest BCUT2D eigenvalue weighted by atomic mass is 31.2. The molecule has 5 N–H and O–H groups in total. The smallest absolute Gasteiger partial charge is 0.396 e. The summed E-state index contributed by atoms with van der Waals surface area (Å²) in [6, 6.07) is 0. The second-order valence-corrected chi connectivity index (χ2v) is 5.74. The van der Waals surface area contributed by atoms with Crippen molar-refractivity contribution in [2.75, 3.05) is 13.2 Å². The lowest BCUT2D eigenvalue weighted by Crippen LogP contribution is -2.33. The number of aliphatic hydroxyl groups excluding tert-OH is 3. The van der Waals surface area contributed by atoms with Crippen LogP contribution in [0.4, 0.5) is 0 Å². The first-order valence-corrected chi connectivity index (χ1v) is 7.58. The summed E-state index contributed by atoms with van der Waals surface area (Å²) < 4.78 is 21.3. The Balaban J connectivity index is 2.03. The lowest BCUT2D eigenvalue weighted by molar-refractivity contribution is -0.0586. The van der Waals surface area contributed by atoms with Gasteiger partial charge in [0.05, 0.1) is 18.5 Å². The van der Waals surface area contributed by atoms with Crippen molar-refractivity contribution in [1.29, 1.82) is 0 Å². The van der Waals surface area contributed by atoms with Gasteiger partial charge in [-0.2, -0.15) is 0 Å². The molecule has 0 unspecified atom stereocenters. The fourth-order valence-electron chi connectivity index (χ4n) is 1.92. The maximum absolute atomic E-state index is 10.6. The third-order valence-corrected chi connectivity index (χ3v) is 3.42. The second kappa shape index (κ2) is 6.46. The topological polar surface area (TPSA) is 167 Å². The minimum Gasteiger partial charge on any atom is -0.396 e. The molecule has 1 saturated heterocycles. The molecule has 4 atom stereocenters. The lowest BCUT2D eigenvalue weighted by atomic mass is 10.1. The van der Waals surface area contributed by atoms with Gasteiger partial charge in [-0.05, 0) is 0 Å². The third kappa shape index (κ3) is 4.05. The van der Waals surface area contributed by atoms with E-state index in [1.165, 1.54) is 6.20 Å². The summed E-state index contributed by atoms with van der Waals surface area (Å²) in [6.07, 6.45) is -3.24. The summed E-state index contributed by atoms with van der Waals surface area (Å²) in [5, 5.41) is 35.9. The van der Waals surface area contributed by atoms with Crippen LogP contribution < -0.4 is 0 Å². The van der Waals surface area contributed by atoms with Crippen LogP contribution in [-0.4, -0.2) is 71.6 Å². The Morgan fingerprint density at radius 2 is 2.10 bits per heavy atom. The molecule has 0 bridgehead atoms. The Morgan fingerprint density at radius 3 is 2.71 bits per heavy atom. The predicted molar refractivity (Wildman–Crippen MR) is 64.7 cm³/mol. The highest BCUT2D eigenvalue weighted by Gasteiger charge is 2.45. The summed E-state index contributed by atoms with van der Waals surface area (Å²) in [7, 11) is -4.70. The number of hydrogen-bond acceptors (Lipinski definition) is 8. The molecule has 0 radical (unpaired) electrons. The van der Waals surface area contributed by atoms with Gasteiger partial charge in [-0.15, -0.1) is 5.10 Å². The summed E-state index contributed by atoms with van der Waals surface area (Å²) in [5.41, 5.74) is 0.470. The zero-order chi connectivity index (χ0) is 15.6. The summed E-state index contributed by atoms with van der Waals surface area (Å²) in [5.74, 6) is 0. The number of aromatic nitrogens is 3. The van der Waals surface area contributed by atoms with E-state index in [4.69, 9.17) is 19.6 Å². The van der Waals surface area contributed by atoms with Gasteiger partial charge in [0.15, 0.2) is 6.23 Å². The van der Waals surface area contributed by atoms with Gasteiger partial charge in [0.1, 0.15) is 18.3 Å². The highest BCUT2D eigenvalue weighted by Crippen LogP contribution is 2.38. The minimum absolute atomic E-state index is 0.117. The van der Waals surface area contributed by atoms with E-state index < -0.39 is 39.0 Å². The van der Waals surface area contributed by atoms with Crippen LogP contribution in [0.1, 0.15) is 11.9 Å². The van der Waals surface area contributed by atoms with Crippen molar-refractivity contribution in [1.82, 2.24) is 15.0 Å². The monoisotopic (exact) mass is 325 g/mol. The zero-order valence-corrected chi connectivity index (χ0v) is 11.7. The lowest BCUT2D eigenvalue weighted by Gasteiger charge is -2.14. The number of aliphatic hydroxyl groups is 3. The third-order valence-electron chi connectivity index (χ3n) is 2.93. The molecule has 0 amide bonds. The number of nitrogens with zero attached hydrogens (tertiary/aromatic N) is 3. The second-order valence-electron chi connectivity index (χ2n) is 4.50. The quantitative estimate of drug-likeness (QED) is 0.354. The van der Waals surface area contributed by atoms with E-state index in [9.17, 15) is 14.8 Å². The van der Waals surface area contributed by atoms with Gasteiger partial charge in [0.2, 0.25) is 0 Å². The molecule has 120 valence electrons. The molecule has 11 nitrogen and oxygen atoms in total. The van der Waals surface area contributed by atoms with Crippen LogP contribution in [0.5, 0.6) is 0 Å². The van der Waals surface area contributed by atoms with E-state index in [2.05, 4.69) is 14.8 Å². The van der Waals surface area contributed by atoms with Crippen LogP contribution >= 0.6 is 7.82 Å². The molecule has 1 aromatic rings. The molecule has 1 aliphatic heterocycles. The fraction of sp³-hybridized carbons (Fsp3) is 0.778. The molecule has 2 rings (SSSR count). The van der Waals surface area contributed by atoms with Crippen molar-refractivity contribution >= 4 is 7.82 Å². The van der Waals surface area contributed by atoms with Gasteiger partial charge < -0.3 is 29.8 Å². The summed E-state index contributed by atoms with van der Waals surface area (Å²) >= 11 is 0. The molecule has 12 heteroatoms. The van der Waals surface area contributed by atoms with Crippen molar-refractivity contribution in [3.05, 3.63) is 11.9 Å². The Bertz CT molecular complexity index is 519. The van der Waals surface area contributed by atoms with Crippen LogP contribution in [0.2, 0.25) is 0 Å². The Kier molecular flexibility index (Phi) is 5.07. The number of hydrogen-bond donors (Lipinski definition) is 5. The van der Waals surface area contributed by atoms with Crippen LogP contribution in [-0.2, 0) is 20.2 Å². The number of rotatable bonds is 6. The number of phosphoric ester groups is 1. The van der Waals surface area contributed by atoms with Crippen LogP contribution in [0.3, 0.4) is 0 Å². The van der Waals surface area contributed by atoms with Gasteiger partial charge in [-0.3, -0.25) is 4.52 Å². The van der Waals surface area contributed by atoms with Crippen molar-refractivity contribution in [2.24, 2.45) is 0 Å². The number of ether oxygens (including phenoxy) is 1. The molecule has 1 aliphatic rings. The predicted octanol–water partition coefficient (Wildman–Crippen LogP) is -2.46. The van der Waals surface area contributed by atoms with E-state index in [1.54, 1.807) is 0 Å². The maximum Gasteiger partial charge on any atom is 0.469 e. The number of phosphoric acid groups is 1. The molecule has 0 aliphatic carbocycles. The van der Waals surface area contributed by atoms with Crippen LogP contribution in [0, 0.1) is 0 Å². The molecular formula is C9H16N3O8P. The first kappa shape index (κ1) is 16.5. The zero-order valence-electron chi connectivity index (χ0n) is 10.8. The molecular weight excluding hydrogens is 309 g/mol. The average molecular weight is 325 g/mol. The Labute approximate surface area is 119 Å². The van der Waals surface area contributed by atoms with Crippen molar-refractivity contribution in [2.45, 2.75) is 31.0 Å². The summed E-state index contributed by atoms with van der Waals surface area (Å²) in [6.45, 7) is -0.703. The first-order chi connectivity index (χ1) is 9.81. The van der Waals surface area contributed by atoms with Gasteiger partial charge in [0, 0.05) is 13.0 Å². The molecule has 1 aromatic heterocycles. The highest BCUT2D eigenvalue weighted by molar-refractivity contribution is 7.46. The normalized spacial score (nSPS) is 30.0. The van der Waals surface area contributed by atoms with Gasteiger partial charge in [0.25, 0.3) is 0 Å². The maximum atomic E-state index is 10.6. The Hall–Kier alpha value is -0.910. The van der Waals surface area contributed by atoms with Gasteiger partial charge >= 0.3 is 7.82 Å². The van der Waals surface area contributed by atoms with Crippen LogP contribution in [0.25, 0.3) is 0 Å². The van der Waals surface area contributed by atoms with E-state index >= 15 is 0 Å². The van der Waals surface area contributed by atoms with Crippen LogP contribution in [0.15, 0.2) is 6.20 Å². The van der Waals surface area contributed by atoms with E-state index in [-0.39, 0.29) is 13.0 Å². The van der Waals surface area contributed by atoms with E-state index in [0.717, 1.165) is 4.68 Å². The largest absolute Gasteiger partial charge is 0.469 e.